The predicted molar refractivity (Wildman–Crippen MR) is 139 cm³/mol. The summed E-state index contributed by atoms with van der Waals surface area (Å²) in [4.78, 5) is 24.2. The van der Waals surface area contributed by atoms with E-state index in [9.17, 15) is 4.79 Å². The van der Waals surface area contributed by atoms with Crippen LogP contribution >= 0.6 is 0 Å². The lowest BCUT2D eigenvalue weighted by Gasteiger charge is -2.33. The second kappa shape index (κ2) is 11.6. The van der Waals surface area contributed by atoms with Crippen molar-refractivity contribution in [2.75, 3.05) is 44.6 Å². The first-order chi connectivity index (χ1) is 17.5. The average molecular weight is 492 g/mol. The van der Waals surface area contributed by atoms with E-state index in [4.69, 9.17) is 19.2 Å². The molecule has 1 aliphatic heterocycles. The summed E-state index contributed by atoms with van der Waals surface area (Å²) in [6.07, 6.45) is 3.48. The lowest BCUT2D eigenvalue weighted by Crippen LogP contribution is -2.44. The van der Waals surface area contributed by atoms with Crippen molar-refractivity contribution < 1.29 is 19.0 Å². The minimum absolute atomic E-state index is 0.0394. The van der Waals surface area contributed by atoms with Gasteiger partial charge in [0.1, 0.15) is 5.82 Å². The number of ether oxygens (including phenoxy) is 3. The first-order valence-electron chi connectivity index (χ1n) is 12.0. The van der Waals surface area contributed by atoms with Crippen LogP contribution in [0.1, 0.15) is 31.4 Å². The molecule has 0 bridgehead atoms. The number of rotatable bonds is 9. The number of hydrogen-bond acceptors (Lipinski definition) is 8. The lowest BCUT2D eigenvalue weighted by atomic mass is 9.96. The van der Waals surface area contributed by atoms with Gasteiger partial charge in [-0.15, -0.1) is 0 Å². The highest BCUT2D eigenvalue weighted by atomic mass is 16.5. The Labute approximate surface area is 211 Å². The van der Waals surface area contributed by atoms with E-state index >= 15 is 0 Å². The molecule has 0 spiro atoms. The van der Waals surface area contributed by atoms with Crippen molar-refractivity contribution in [1.82, 2.24) is 15.3 Å². The summed E-state index contributed by atoms with van der Waals surface area (Å²) in [5.41, 5.74) is 1.80. The van der Waals surface area contributed by atoms with Gasteiger partial charge in [-0.25, -0.2) is 4.98 Å². The number of carbonyl (C=O) groups is 1. The maximum atomic E-state index is 13.0. The zero-order valence-electron chi connectivity index (χ0n) is 21.2. The van der Waals surface area contributed by atoms with Crippen LogP contribution in [0, 0.1) is 5.92 Å². The summed E-state index contributed by atoms with van der Waals surface area (Å²) in [6, 6.07) is 15.4. The van der Waals surface area contributed by atoms with Crippen LogP contribution in [0.3, 0.4) is 0 Å². The van der Waals surface area contributed by atoms with E-state index in [1.165, 1.54) is 0 Å². The largest absolute Gasteiger partial charge is 0.493 e. The fraction of sp³-hybridized carbons (Fsp3) is 0.370. The van der Waals surface area contributed by atoms with Crippen molar-refractivity contribution in [1.29, 1.82) is 0 Å². The third-order valence-electron chi connectivity index (χ3n) is 6.34. The smallest absolute Gasteiger partial charge is 0.229 e. The standard InChI is InChI=1S/C27H33N5O4/c1-18(19-9-6-5-7-10-19)29-26(33)20-11-8-14-32(17-20)24-12-13-28-27(31-24)30-21-15-22(34-2)25(36-4)23(16-21)35-3/h5-7,9-10,12-13,15-16,18,20H,8,11,14,17H2,1-4H3,(H,29,33)(H,28,30,31)/t18-,20+/m1/s1. The Morgan fingerprint density at radius 3 is 2.44 bits per heavy atom. The second-order valence-corrected chi connectivity index (χ2v) is 8.70. The molecule has 36 heavy (non-hydrogen) atoms. The number of anilines is 3. The van der Waals surface area contributed by atoms with Crippen molar-refractivity contribution in [3.63, 3.8) is 0 Å². The summed E-state index contributed by atoms with van der Waals surface area (Å²) in [5, 5.41) is 6.39. The van der Waals surface area contributed by atoms with E-state index in [2.05, 4.69) is 20.5 Å². The minimum Gasteiger partial charge on any atom is -0.493 e. The fourth-order valence-electron chi connectivity index (χ4n) is 4.42. The molecule has 0 unspecified atom stereocenters. The molecular formula is C27H33N5O4. The third-order valence-corrected chi connectivity index (χ3v) is 6.34. The molecule has 2 heterocycles. The molecule has 1 amide bonds. The predicted octanol–water partition coefficient (Wildman–Crippen LogP) is 4.34. The third kappa shape index (κ3) is 5.79. The molecule has 0 saturated carbocycles. The van der Waals surface area contributed by atoms with Gasteiger partial charge in [-0.1, -0.05) is 30.3 Å². The number of nitrogens with zero attached hydrogens (tertiary/aromatic N) is 3. The highest BCUT2D eigenvalue weighted by Gasteiger charge is 2.27. The van der Waals surface area contributed by atoms with E-state index in [1.54, 1.807) is 39.7 Å². The molecular weight excluding hydrogens is 458 g/mol. The summed E-state index contributed by atoms with van der Waals surface area (Å²) in [6.45, 7) is 3.45. The van der Waals surface area contributed by atoms with Gasteiger partial charge in [0.15, 0.2) is 11.5 Å². The monoisotopic (exact) mass is 491 g/mol. The van der Waals surface area contributed by atoms with Crippen LogP contribution in [-0.2, 0) is 4.79 Å². The van der Waals surface area contributed by atoms with Crippen molar-refractivity contribution in [2.45, 2.75) is 25.8 Å². The van der Waals surface area contributed by atoms with E-state index in [1.807, 2.05) is 43.3 Å². The van der Waals surface area contributed by atoms with Crippen LogP contribution in [0.2, 0.25) is 0 Å². The van der Waals surface area contributed by atoms with E-state index < -0.39 is 0 Å². The molecule has 1 aliphatic rings. The van der Waals surface area contributed by atoms with Gasteiger partial charge in [-0.2, -0.15) is 4.98 Å². The van der Waals surface area contributed by atoms with Gasteiger partial charge in [-0.05, 0) is 31.4 Å². The number of methoxy groups -OCH3 is 3. The average Bonchev–Trinajstić information content (AvgIpc) is 2.93. The van der Waals surface area contributed by atoms with Crippen molar-refractivity contribution in [2.24, 2.45) is 5.92 Å². The maximum absolute atomic E-state index is 13.0. The normalized spacial score (nSPS) is 16.1. The molecule has 0 aliphatic carbocycles. The fourth-order valence-corrected chi connectivity index (χ4v) is 4.42. The van der Waals surface area contributed by atoms with Gasteiger partial charge in [-0.3, -0.25) is 4.79 Å². The number of aromatic nitrogens is 2. The summed E-state index contributed by atoms with van der Waals surface area (Å²) in [7, 11) is 4.71. The molecule has 2 N–H and O–H groups in total. The van der Waals surface area contributed by atoms with Crippen LogP contribution in [0.4, 0.5) is 17.5 Å². The first-order valence-corrected chi connectivity index (χ1v) is 12.0. The lowest BCUT2D eigenvalue weighted by molar-refractivity contribution is -0.125. The van der Waals surface area contributed by atoms with Crippen molar-refractivity contribution >= 4 is 23.4 Å². The molecule has 0 radical (unpaired) electrons. The molecule has 9 heteroatoms. The van der Waals surface area contributed by atoms with E-state index in [0.29, 0.717) is 35.4 Å². The van der Waals surface area contributed by atoms with E-state index in [0.717, 1.165) is 30.8 Å². The topological polar surface area (TPSA) is 97.8 Å². The highest BCUT2D eigenvalue weighted by molar-refractivity contribution is 5.80. The summed E-state index contributed by atoms with van der Waals surface area (Å²) >= 11 is 0. The van der Waals surface area contributed by atoms with Gasteiger partial charge in [0.2, 0.25) is 17.6 Å². The number of benzene rings is 2. The minimum atomic E-state index is -0.105. The van der Waals surface area contributed by atoms with Gasteiger partial charge in [0, 0.05) is 37.1 Å². The molecule has 4 rings (SSSR count). The molecule has 2 aromatic carbocycles. The van der Waals surface area contributed by atoms with Crippen LogP contribution in [-0.4, -0.2) is 50.3 Å². The van der Waals surface area contributed by atoms with Gasteiger partial charge < -0.3 is 29.7 Å². The molecule has 2 atom stereocenters. The van der Waals surface area contributed by atoms with Crippen molar-refractivity contribution in [3.05, 3.63) is 60.3 Å². The Morgan fingerprint density at radius 1 is 1.06 bits per heavy atom. The molecule has 1 aromatic heterocycles. The van der Waals surface area contributed by atoms with Gasteiger partial charge >= 0.3 is 0 Å². The number of nitrogens with one attached hydrogen (secondary N) is 2. The Hall–Kier alpha value is -4.01. The summed E-state index contributed by atoms with van der Waals surface area (Å²) in [5.74, 6) is 2.75. The molecule has 190 valence electrons. The van der Waals surface area contributed by atoms with Crippen LogP contribution in [0.5, 0.6) is 17.2 Å². The zero-order chi connectivity index (χ0) is 25.5. The molecule has 1 saturated heterocycles. The number of piperidine rings is 1. The Balaban J connectivity index is 1.45. The first kappa shape index (κ1) is 25.1. The van der Waals surface area contributed by atoms with Gasteiger partial charge in [0.05, 0.1) is 33.3 Å². The van der Waals surface area contributed by atoms with E-state index in [-0.39, 0.29) is 17.9 Å². The highest BCUT2D eigenvalue weighted by Crippen LogP contribution is 2.40. The Kier molecular flexibility index (Phi) is 8.10. The Bertz CT molecular complexity index is 1150. The van der Waals surface area contributed by atoms with Crippen LogP contribution < -0.4 is 29.7 Å². The maximum Gasteiger partial charge on any atom is 0.229 e. The zero-order valence-corrected chi connectivity index (χ0v) is 21.2. The molecule has 3 aromatic rings. The number of amides is 1. The van der Waals surface area contributed by atoms with Crippen molar-refractivity contribution in [3.8, 4) is 17.2 Å². The van der Waals surface area contributed by atoms with Crippen LogP contribution in [0.15, 0.2) is 54.7 Å². The van der Waals surface area contributed by atoms with Gasteiger partial charge in [0.25, 0.3) is 0 Å². The SMILES string of the molecule is COc1cc(Nc2nccc(N3CCC[C@H](C(=O)N[C@H](C)c4ccccc4)C3)n2)cc(OC)c1OC. The Morgan fingerprint density at radius 2 is 1.78 bits per heavy atom. The molecule has 9 nitrogen and oxygen atoms in total. The summed E-state index contributed by atoms with van der Waals surface area (Å²) < 4.78 is 16.3. The molecule has 1 fully saturated rings. The van der Waals surface area contributed by atoms with Crippen LogP contribution in [0.25, 0.3) is 0 Å². The second-order valence-electron chi connectivity index (χ2n) is 8.70. The number of hydrogen-bond donors (Lipinski definition) is 2. The number of carbonyl (C=O) groups excluding carboxylic acids is 1. The quantitative estimate of drug-likeness (QED) is 0.456.